The van der Waals surface area contributed by atoms with Crippen LogP contribution in [0.2, 0.25) is 0 Å². The third-order valence-electron chi connectivity index (χ3n) is 2.66. The lowest BCUT2D eigenvalue weighted by atomic mass is 10.1. The van der Waals surface area contributed by atoms with E-state index in [-0.39, 0.29) is 25.1 Å². The Morgan fingerprint density at radius 3 is 2.67 bits per heavy atom. The van der Waals surface area contributed by atoms with Crippen LogP contribution in [-0.4, -0.2) is 41.4 Å². The highest BCUT2D eigenvalue weighted by Crippen LogP contribution is 2.17. The summed E-state index contributed by atoms with van der Waals surface area (Å²) in [5, 5.41) is 21.3. The number of aliphatic carboxylic acids is 1. The first kappa shape index (κ1) is 16.7. The van der Waals surface area contributed by atoms with E-state index in [1.807, 2.05) is 0 Å². The summed E-state index contributed by atoms with van der Waals surface area (Å²) in [7, 11) is 0. The average Bonchev–Trinajstić information content (AvgIpc) is 2.43. The number of carbonyl (C=O) groups excluding carboxylic acids is 1. The number of carboxylic acids is 1. The zero-order valence-electron chi connectivity index (χ0n) is 11.8. The Balaban J connectivity index is 2.59. The van der Waals surface area contributed by atoms with E-state index in [0.29, 0.717) is 5.69 Å². The van der Waals surface area contributed by atoms with Crippen LogP contribution in [0.5, 0.6) is 0 Å². The number of anilines is 1. The number of hydrogen-bond donors (Lipinski definition) is 3. The van der Waals surface area contributed by atoms with Crippen molar-refractivity contribution >= 4 is 17.6 Å². The van der Waals surface area contributed by atoms with Gasteiger partial charge in [-0.1, -0.05) is 24.8 Å². The van der Waals surface area contributed by atoms with Gasteiger partial charge in [0.25, 0.3) is 0 Å². The van der Waals surface area contributed by atoms with Crippen molar-refractivity contribution in [1.82, 2.24) is 0 Å². The summed E-state index contributed by atoms with van der Waals surface area (Å²) in [6.07, 6.45) is -0.632. The summed E-state index contributed by atoms with van der Waals surface area (Å²) < 4.78 is 4.87. The highest BCUT2D eigenvalue weighted by atomic mass is 16.5. The molecule has 1 unspecified atom stereocenters. The summed E-state index contributed by atoms with van der Waals surface area (Å²) in [5.74, 6) is -1.52. The number of carbonyl (C=O) groups is 2. The fraction of sp³-hybridized carbons (Fsp3) is 0.333. The first-order chi connectivity index (χ1) is 9.90. The molecule has 3 N–H and O–H groups in total. The third kappa shape index (κ3) is 6.09. The second kappa shape index (κ2) is 8.06. The highest BCUT2D eigenvalue weighted by Gasteiger charge is 2.12. The number of para-hydroxylation sites is 1. The molecule has 0 aliphatic heterocycles. The summed E-state index contributed by atoms with van der Waals surface area (Å²) in [6.45, 7) is 4.63. The summed E-state index contributed by atoms with van der Waals surface area (Å²) in [4.78, 5) is 21.8. The number of aliphatic hydroxyl groups is 1. The SMILES string of the molecule is C=C(C)C(=O)OCC(O)Cc1ccccc1NCC(=O)O. The van der Waals surface area contributed by atoms with Gasteiger partial charge in [-0.15, -0.1) is 0 Å². The predicted molar refractivity (Wildman–Crippen MR) is 78.1 cm³/mol. The van der Waals surface area contributed by atoms with Gasteiger partial charge >= 0.3 is 11.9 Å². The normalized spacial score (nSPS) is 11.5. The molecule has 1 rings (SSSR count). The highest BCUT2D eigenvalue weighted by molar-refractivity contribution is 5.86. The number of benzene rings is 1. The van der Waals surface area contributed by atoms with E-state index in [1.54, 1.807) is 24.3 Å². The van der Waals surface area contributed by atoms with Crippen LogP contribution in [0.25, 0.3) is 0 Å². The molecule has 0 saturated heterocycles. The van der Waals surface area contributed by atoms with Gasteiger partial charge in [-0.3, -0.25) is 4.79 Å². The monoisotopic (exact) mass is 293 g/mol. The lowest BCUT2D eigenvalue weighted by molar-refractivity contribution is -0.141. The molecule has 1 atom stereocenters. The zero-order chi connectivity index (χ0) is 15.8. The molecule has 6 heteroatoms. The van der Waals surface area contributed by atoms with Crippen molar-refractivity contribution < 1.29 is 24.5 Å². The second-order valence-electron chi connectivity index (χ2n) is 4.64. The largest absolute Gasteiger partial charge is 0.480 e. The first-order valence-corrected chi connectivity index (χ1v) is 6.44. The van der Waals surface area contributed by atoms with Crippen molar-refractivity contribution in [2.75, 3.05) is 18.5 Å². The average molecular weight is 293 g/mol. The van der Waals surface area contributed by atoms with Crippen molar-refractivity contribution in [2.24, 2.45) is 0 Å². The number of nitrogens with one attached hydrogen (secondary N) is 1. The Morgan fingerprint density at radius 2 is 2.05 bits per heavy atom. The number of esters is 1. The fourth-order valence-corrected chi connectivity index (χ4v) is 1.65. The molecule has 0 bridgehead atoms. The lowest BCUT2D eigenvalue weighted by Gasteiger charge is -2.15. The molecule has 0 saturated carbocycles. The van der Waals surface area contributed by atoms with Gasteiger partial charge in [0.1, 0.15) is 13.2 Å². The molecule has 0 amide bonds. The van der Waals surface area contributed by atoms with Crippen molar-refractivity contribution in [3.63, 3.8) is 0 Å². The summed E-state index contributed by atoms with van der Waals surface area (Å²) in [6, 6.07) is 7.05. The van der Waals surface area contributed by atoms with Crippen molar-refractivity contribution in [3.8, 4) is 0 Å². The van der Waals surface area contributed by atoms with Gasteiger partial charge in [-0.05, 0) is 18.6 Å². The van der Waals surface area contributed by atoms with Gasteiger partial charge in [-0.2, -0.15) is 0 Å². The minimum atomic E-state index is -0.972. The lowest BCUT2D eigenvalue weighted by Crippen LogP contribution is -2.22. The molecule has 21 heavy (non-hydrogen) atoms. The van der Waals surface area contributed by atoms with Gasteiger partial charge in [-0.25, -0.2) is 4.79 Å². The molecule has 0 aliphatic carbocycles. The van der Waals surface area contributed by atoms with Gasteiger partial charge in [0.2, 0.25) is 0 Å². The maximum absolute atomic E-state index is 11.2. The number of aliphatic hydroxyl groups excluding tert-OH is 1. The van der Waals surface area contributed by atoms with E-state index >= 15 is 0 Å². The first-order valence-electron chi connectivity index (χ1n) is 6.44. The van der Waals surface area contributed by atoms with Gasteiger partial charge in [0.15, 0.2) is 0 Å². The van der Waals surface area contributed by atoms with Crippen LogP contribution in [0.15, 0.2) is 36.4 Å². The quantitative estimate of drug-likeness (QED) is 0.492. The van der Waals surface area contributed by atoms with Crippen LogP contribution in [-0.2, 0) is 20.7 Å². The van der Waals surface area contributed by atoms with Crippen molar-refractivity contribution in [2.45, 2.75) is 19.4 Å². The molecule has 6 nitrogen and oxygen atoms in total. The minimum Gasteiger partial charge on any atom is -0.480 e. The van der Waals surface area contributed by atoms with E-state index in [1.165, 1.54) is 6.92 Å². The van der Waals surface area contributed by atoms with Crippen LogP contribution in [0.1, 0.15) is 12.5 Å². The predicted octanol–water partition coefficient (Wildman–Crippen LogP) is 1.21. The number of ether oxygens (including phenoxy) is 1. The molecule has 0 heterocycles. The maximum Gasteiger partial charge on any atom is 0.333 e. The van der Waals surface area contributed by atoms with Gasteiger partial charge in [0.05, 0.1) is 6.10 Å². The van der Waals surface area contributed by atoms with E-state index in [4.69, 9.17) is 9.84 Å². The van der Waals surface area contributed by atoms with Crippen molar-refractivity contribution in [1.29, 1.82) is 0 Å². The van der Waals surface area contributed by atoms with E-state index in [9.17, 15) is 14.7 Å². The Bertz CT molecular complexity index is 527. The molecule has 0 fully saturated rings. The third-order valence-corrected chi connectivity index (χ3v) is 2.66. The molecule has 1 aromatic rings. The Kier molecular flexibility index (Phi) is 6.42. The van der Waals surface area contributed by atoms with Crippen molar-refractivity contribution in [3.05, 3.63) is 42.0 Å². The van der Waals surface area contributed by atoms with E-state index < -0.39 is 18.0 Å². The zero-order valence-corrected chi connectivity index (χ0v) is 11.8. The van der Waals surface area contributed by atoms with Gasteiger partial charge < -0.3 is 20.3 Å². The Morgan fingerprint density at radius 1 is 1.38 bits per heavy atom. The van der Waals surface area contributed by atoms with Crippen LogP contribution >= 0.6 is 0 Å². The maximum atomic E-state index is 11.2. The number of carboxylic acid groups (broad SMARTS) is 1. The topological polar surface area (TPSA) is 95.9 Å². The molecular formula is C15H19NO5. The fourth-order valence-electron chi connectivity index (χ4n) is 1.65. The molecule has 1 aromatic carbocycles. The van der Waals surface area contributed by atoms with Crippen LogP contribution in [0, 0.1) is 0 Å². The molecular weight excluding hydrogens is 274 g/mol. The van der Waals surface area contributed by atoms with Crippen LogP contribution < -0.4 is 5.32 Å². The minimum absolute atomic E-state index is 0.140. The van der Waals surface area contributed by atoms with E-state index in [2.05, 4.69) is 11.9 Å². The van der Waals surface area contributed by atoms with Crippen LogP contribution in [0.4, 0.5) is 5.69 Å². The van der Waals surface area contributed by atoms with Gasteiger partial charge in [0, 0.05) is 17.7 Å². The van der Waals surface area contributed by atoms with Crippen LogP contribution in [0.3, 0.4) is 0 Å². The molecule has 0 aromatic heterocycles. The Hall–Kier alpha value is -2.34. The molecule has 0 radical (unpaired) electrons. The van der Waals surface area contributed by atoms with E-state index in [0.717, 1.165) is 5.56 Å². The molecule has 0 aliphatic rings. The summed E-state index contributed by atoms with van der Waals surface area (Å²) >= 11 is 0. The number of hydrogen-bond acceptors (Lipinski definition) is 5. The second-order valence-corrected chi connectivity index (χ2v) is 4.64. The molecule has 114 valence electrons. The standard InChI is InChI=1S/C15H19NO5/c1-10(2)15(20)21-9-12(17)7-11-5-3-4-6-13(11)16-8-14(18)19/h3-6,12,16-17H,1,7-9H2,2H3,(H,18,19). The number of rotatable bonds is 8. The summed E-state index contributed by atoms with van der Waals surface area (Å²) in [5.41, 5.74) is 1.65. The molecule has 0 spiro atoms. The smallest absolute Gasteiger partial charge is 0.333 e. The Labute approximate surface area is 123 Å².